The number of hydrogen-bond acceptors (Lipinski definition) is 5. The SMILES string of the molecule is CC(C)NCc1cncc(N2CCN(C)CC2)n1. The molecule has 0 amide bonds. The van der Waals surface area contributed by atoms with Gasteiger partial charge in [-0.25, -0.2) is 4.98 Å². The summed E-state index contributed by atoms with van der Waals surface area (Å²) in [6, 6.07) is 0.471. The Morgan fingerprint density at radius 1 is 1.22 bits per heavy atom. The van der Waals surface area contributed by atoms with Gasteiger partial charge in [-0.1, -0.05) is 13.8 Å². The molecule has 1 fully saturated rings. The third-order valence-electron chi connectivity index (χ3n) is 3.19. The van der Waals surface area contributed by atoms with E-state index in [9.17, 15) is 0 Å². The van der Waals surface area contributed by atoms with Crippen molar-refractivity contribution in [1.82, 2.24) is 20.2 Å². The number of nitrogens with one attached hydrogen (secondary N) is 1. The first kappa shape index (κ1) is 13.2. The highest BCUT2D eigenvalue weighted by atomic mass is 15.3. The number of piperazine rings is 1. The third-order valence-corrected chi connectivity index (χ3v) is 3.19. The van der Waals surface area contributed by atoms with Crippen LogP contribution in [0.5, 0.6) is 0 Å². The predicted molar refractivity (Wildman–Crippen MR) is 73.7 cm³/mol. The van der Waals surface area contributed by atoms with Crippen molar-refractivity contribution in [1.29, 1.82) is 0 Å². The minimum Gasteiger partial charge on any atom is -0.353 e. The van der Waals surface area contributed by atoms with E-state index in [-0.39, 0.29) is 0 Å². The Morgan fingerprint density at radius 3 is 2.61 bits per heavy atom. The van der Waals surface area contributed by atoms with Gasteiger partial charge in [-0.15, -0.1) is 0 Å². The van der Waals surface area contributed by atoms with E-state index in [0.29, 0.717) is 6.04 Å². The van der Waals surface area contributed by atoms with Crippen LogP contribution in [0.25, 0.3) is 0 Å². The van der Waals surface area contributed by atoms with Crippen LogP contribution in [0.1, 0.15) is 19.5 Å². The van der Waals surface area contributed by atoms with Crippen LogP contribution >= 0.6 is 0 Å². The molecule has 0 spiro atoms. The molecule has 0 atom stereocenters. The summed E-state index contributed by atoms with van der Waals surface area (Å²) in [5.74, 6) is 1.01. The zero-order valence-electron chi connectivity index (χ0n) is 11.6. The molecular weight excluding hydrogens is 226 g/mol. The van der Waals surface area contributed by atoms with Crippen molar-refractivity contribution in [2.24, 2.45) is 0 Å². The lowest BCUT2D eigenvalue weighted by molar-refractivity contribution is 0.312. The van der Waals surface area contributed by atoms with Gasteiger partial charge in [0, 0.05) is 45.0 Å². The number of likely N-dealkylation sites (N-methyl/N-ethyl adjacent to an activating group) is 1. The predicted octanol–water partition coefficient (Wildman–Crippen LogP) is 0.726. The van der Waals surface area contributed by atoms with Gasteiger partial charge in [0.1, 0.15) is 5.82 Å². The second-order valence-electron chi connectivity index (χ2n) is 5.19. The molecule has 1 aliphatic rings. The van der Waals surface area contributed by atoms with Crippen LogP contribution in [0.15, 0.2) is 12.4 Å². The molecule has 0 bridgehead atoms. The first-order chi connectivity index (χ1) is 8.65. The van der Waals surface area contributed by atoms with Gasteiger partial charge in [0.05, 0.1) is 11.9 Å². The molecule has 1 aliphatic heterocycles. The maximum atomic E-state index is 4.68. The average molecular weight is 249 g/mol. The highest BCUT2D eigenvalue weighted by Crippen LogP contribution is 2.12. The Hall–Kier alpha value is -1.20. The molecule has 1 aromatic heterocycles. The van der Waals surface area contributed by atoms with Crippen LogP contribution in [-0.4, -0.2) is 54.1 Å². The van der Waals surface area contributed by atoms with Gasteiger partial charge in [0.15, 0.2) is 0 Å². The molecule has 0 radical (unpaired) electrons. The van der Waals surface area contributed by atoms with Crippen molar-refractivity contribution in [2.75, 3.05) is 38.1 Å². The largest absolute Gasteiger partial charge is 0.353 e. The molecule has 1 saturated heterocycles. The Labute approximate surface area is 109 Å². The molecule has 0 saturated carbocycles. The smallest absolute Gasteiger partial charge is 0.147 e. The summed E-state index contributed by atoms with van der Waals surface area (Å²) in [6.45, 7) is 9.31. The van der Waals surface area contributed by atoms with E-state index in [1.807, 2.05) is 12.4 Å². The molecular formula is C13H23N5. The Bertz CT molecular complexity index is 371. The van der Waals surface area contributed by atoms with E-state index < -0.39 is 0 Å². The van der Waals surface area contributed by atoms with Gasteiger partial charge in [0.2, 0.25) is 0 Å². The third kappa shape index (κ3) is 3.65. The van der Waals surface area contributed by atoms with E-state index in [2.05, 4.69) is 46.0 Å². The number of nitrogens with zero attached hydrogens (tertiary/aromatic N) is 4. The van der Waals surface area contributed by atoms with Crippen molar-refractivity contribution in [3.8, 4) is 0 Å². The lowest BCUT2D eigenvalue weighted by Crippen LogP contribution is -2.45. The summed E-state index contributed by atoms with van der Waals surface area (Å²) in [4.78, 5) is 13.6. The van der Waals surface area contributed by atoms with Crippen molar-refractivity contribution >= 4 is 5.82 Å². The van der Waals surface area contributed by atoms with Crippen LogP contribution in [0.3, 0.4) is 0 Å². The lowest BCUT2D eigenvalue weighted by Gasteiger charge is -2.33. The summed E-state index contributed by atoms with van der Waals surface area (Å²) in [6.07, 6.45) is 3.71. The van der Waals surface area contributed by atoms with Gasteiger partial charge < -0.3 is 15.1 Å². The Kier molecular flexibility index (Phi) is 4.49. The molecule has 0 aromatic carbocycles. The monoisotopic (exact) mass is 249 g/mol. The summed E-state index contributed by atoms with van der Waals surface area (Å²) in [5, 5.41) is 3.37. The fraction of sp³-hybridized carbons (Fsp3) is 0.692. The number of anilines is 1. The fourth-order valence-electron chi connectivity index (χ4n) is 1.98. The van der Waals surface area contributed by atoms with Gasteiger partial charge in [-0.3, -0.25) is 4.98 Å². The summed E-state index contributed by atoms with van der Waals surface area (Å²) >= 11 is 0. The molecule has 1 aromatic rings. The normalized spacial score (nSPS) is 17.4. The summed E-state index contributed by atoms with van der Waals surface area (Å²) < 4.78 is 0. The zero-order valence-corrected chi connectivity index (χ0v) is 11.6. The molecule has 5 nitrogen and oxygen atoms in total. The van der Waals surface area contributed by atoms with Gasteiger partial charge in [-0.2, -0.15) is 0 Å². The highest BCUT2D eigenvalue weighted by molar-refractivity contribution is 5.37. The number of rotatable bonds is 4. The zero-order chi connectivity index (χ0) is 13.0. The van der Waals surface area contributed by atoms with E-state index in [1.54, 1.807) is 0 Å². The van der Waals surface area contributed by atoms with Crippen LogP contribution in [-0.2, 0) is 6.54 Å². The minimum absolute atomic E-state index is 0.471. The van der Waals surface area contributed by atoms with Crippen LogP contribution < -0.4 is 10.2 Å². The number of aromatic nitrogens is 2. The summed E-state index contributed by atoms with van der Waals surface area (Å²) in [7, 11) is 2.16. The molecule has 5 heteroatoms. The first-order valence-corrected chi connectivity index (χ1v) is 6.63. The minimum atomic E-state index is 0.471. The van der Waals surface area contributed by atoms with Crippen LogP contribution in [0.4, 0.5) is 5.82 Å². The van der Waals surface area contributed by atoms with Crippen molar-refractivity contribution in [3.63, 3.8) is 0 Å². The average Bonchev–Trinajstić information content (AvgIpc) is 2.37. The molecule has 1 N–H and O–H groups in total. The van der Waals surface area contributed by atoms with Gasteiger partial charge in [-0.05, 0) is 7.05 Å². The van der Waals surface area contributed by atoms with E-state index in [4.69, 9.17) is 0 Å². The highest BCUT2D eigenvalue weighted by Gasteiger charge is 2.15. The van der Waals surface area contributed by atoms with Crippen LogP contribution in [0.2, 0.25) is 0 Å². The first-order valence-electron chi connectivity index (χ1n) is 6.63. The molecule has 18 heavy (non-hydrogen) atoms. The quantitative estimate of drug-likeness (QED) is 0.852. The molecule has 2 heterocycles. The van der Waals surface area contributed by atoms with Crippen LogP contribution in [0, 0.1) is 0 Å². The van der Waals surface area contributed by atoms with Gasteiger partial charge >= 0.3 is 0 Å². The fourth-order valence-corrected chi connectivity index (χ4v) is 1.98. The van der Waals surface area contributed by atoms with Crippen molar-refractivity contribution in [2.45, 2.75) is 26.4 Å². The second-order valence-corrected chi connectivity index (χ2v) is 5.19. The Morgan fingerprint density at radius 2 is 1.94 bits per heavy atom. The standard InChI is InChI=1S/C13H23N5/c1-11(2)15-9-12-8-14-10-13(16-12)18-6-4-17(3)5-7-18/h8,10-11,15H,4-7,9H2,1-3H3. The topological polar surface area (TPSA) is 44.3 Å². The van der Waals surface area contributed by atoms with Gasteiger partial charge in [0.25, 0.3) is 0 Å². The van der Waals surface area contributed by atoms with Crippen molar-refractivity contribution < 1.29 is 0 Å². The number of hydrogen-bond donors (Lipinski definition) is 1. The maximum Gasteiger partial charge on any atom is 0.147 e. The lowest BCUT2D eigenvalue weighted by atomic mass is 10.3. The molecule has 100 valence electrons. The Balaban J connectivity index is 1.98. The molecule has 0 aliphatic carbocycles. The molecule has 0 unspecified atom stereocenters. The molecule has 2 rings (SSSR count). The summed E-state index contributed by atoms with van der Waals surface area (Å²) in [5.41, 5.74) is 1.01. The maximum absolute atomic E-state index is 4.68. The van der Waals surface area contributed by atoms with E-state index in [1.165, 1.54) is 0 Å². The van der Waals surface area contributed by atoms with E-state index in [0.717, 1.165) is 44.2 Å². The second kappa shape index (κ2) is 6.11. The van der Waals surface area contributed by atoms with Crippen molar-refractivity contribution in [3.05, 3.63) is 18.1 Å². The van der Waals surface area contributed by atoms with E-state index >= 15 is 0 Å².